The van der Waals surface area contributed by atoms with Crippen LogP contribution in [0.5, 0.6) is 0 Å². The SMILES string of the molecule is C[C@H](N[C@H](C)c1nc2scc(-c3cccs3)c2c(=O)[nH]1)c1cccc(Cl)c1. The summed E-state index contributed by atoms with van der Waals surface area (Å²) in [6, 6.07) is 11.7. The van der Waals surface area contributed by atoms with Crippen molar-refractivity contribution in [3.63, 3.8) is 0 Å². The molecule has 3 heterocycles. The Morgan fingerprint density at radius 3 is 2.74 bits per heavy atom. The molecule has 0 bridgehead atoms. The fourth-order valence-electron chi connectivity index (χ4n) is 3.11. The van der Waals surface area contributed by atoms with Crippen LogP contribution in [0.15, 0.2) is 52.0 Å². The molecule has 0 amide bonds. The molecule has 2 N–H and O–H groups in total. The van der Waals surface area contributed by atoms with Crippen LogP contribution in [0.4, 0.5) is 0 Å². The number of rotatable bonds is 5. The number of fused-ring (bicyclic) bond motifs is 1. The minimum absolute atomic E-state index is 0.0738. The molecule has 138 valence electrons. The Hall–Kier alpha value is -1.99. The molecule has 7 heteroatoms. The number of nitrogens with one attached hydrogen (secondary N) is 2. The first-order valence-corrected chi connectivity index (χ1v) is 10.7. The summed E-state index contributed by atoms with van der Waals surface area (Å²) in [5, 5.41) is 8.88. The predicted molar refractivity (Wildman–Crippen MR) is 115 cm³/mol. The van der Waals surface area contributed by atoms with E-state index in [4.69, 9.17) is 16.6 Å². The van der Waals surface area contributed by atoms with Crippen LogP contribution in [0, 0.1) is 0 Å². The lowest BCUT2D eigenvalue weighted by molar-refractivity contribution is 0.477. The van der Waals surface area contributed by atoms with Gasteiger partial charge in [-0.15, -0.1) is 22.7 Å². The summed E-state index contributed by atoms with van der Waals surface area (Å²) in [5.74, 6) is 0.640. The van der Waals surface area contributed by atoms with Gasteiger partial charge in [-0.05, 0) is 43.0 Å². The first-order valence-electron chi connectivity index (χ1n) is 8.59. The highest BCUT2D eigenvalue weighted by atomic mass is 35.5. The molecule has 0 aliphatic heterocycles. The third kappa shape index (κ3) is 3.71. The van der Waals surface area contributed by atoms with Crippen molar-refractivity contribution < 1.29 is 0 Å². The number of hydrogen-bond donors (Lipinski definition) is 2. The minimum Gasteiger partial charge on any atom is -0.309 e. The van der Waals surface area contributed by atoms with Crippen LogP contribution in [0.3, 0.4) is 0 Å². The average Bonchev–Trinajstić information content (AvgIpc) is 3.31. The number of H-pyrrole nitrogens is 1. The summed E-state index contributed by atoms with van der Waals surface area (Å²) >= 11 is 9.22. The molecule has 1 aromatic carbocycles. The quantitative estimate of drug-likeness (QED) is 0.434. The third-order valence-electron chi connectivity index (χ3n) is 4.51. The second kappa shape index (κ2) is 7.56. The van der Waals surface area contributed by atoms with Crippen LogP contribution in [-0.2, 0) is 0 Å². The molecule has 27 heavy (non-hydrogen) atoms. The van der Waals surface area contributed by atoms with Gasteiger partial charge in [-0.1, -0.05) is 29.8 Å². The predicted octanol–water partition coefficient (Wildman–Crippen LogP) is 5.78. The van der Waals surface area contributed by atoms with Crippen molar-refractivity contribution in [2.45, 2.75) is 25.9 Å². The van der Waals surface area contributed by atoms with Crippen molar-refractivity contribution in [2.75, 3.05) is 0 Å². The van der Waals surface area contributed by atoms with Gasteiger partial charge in [0, 0.05) is 26.9 Å². The van der Waals surface area contributed by atoms with Crippen molar-refractivity contribution in [2.24, 2.45) is 0 Å². The molecule has 4 nitrogen and oxygen atoms in total. The first-order chi connectivity index (χ1) is 13.0. The van der Waals surface area contributed by atoms with Crippen LogP contribution >= 0.6 is 34.3 Å². The van der Waals surface area contributed by atoms with Gasteiger partial charge in [0.25, 0.3) is 5.56 Å². The molecule has 0 radical (unpaired) electrons. The normalized spacial score (nSPS) is 13.7. The minimum atomic E-state index is -0.108. The van der Waals surface area contributed by atoms with Gasteiger partial charge < -0.3 is 10.3 Å². The Labute approximate surface area is 169 Å². The number of thiophene rings is 2. The van der Waals surface area contributed by atoms with Gasteiger partial charge in [0.15, 0.2) is 0 Å². The third-order valence-corrected chi connectivity index (χ3v) is 6.52. The van der Waals surface area contributed by atoms with E-state index < -0.39 is 0 Å². The highest BCUT2D eigenvalue weighted by Crippen LogP contribution is 2.33. The second-order valence-corrected chi connectivity index (χ2v) is 8.67. The zero-order chi connectivity index (χ0) is 19.0. The summed E-state index contributed by atoms with van der Waals surface area (Å²) in [5.41, 5.74) is 1.95. The zero-order valence-corrected chi connectivity index (χ0v) is 17.2. The molecule has 4 aromatic rings. The van der Waals surface area contributed by atoms with Gasteiger partial charge in [0.05, 0.1) is 11.4 Å². The van der Waals surface area contributed by atoms with E-state index >= 15 is 0 Å². The lowest BCUT2D eigenvalue weighted by atomic mass is 10.1. The van der Waals surface area contributed by atoms with E-state index in [2.05, 4.69) is 17.2 Å². The maximum absolute atomic E-state index is 12.8. The van der Waals surface area contributed by atoms with Crippen molar-refractivity contribution in [1.29, 1.82) is 0 Å². The maximum atomic E-state index is 12.8. The number of nitrogens with zero attached hydrogens (tertiary/aromatic N) is 1. The van der Waals surface area contributed by atoms with E-state index in [1.165, 1.54) is 11.3 Å². The van der Waals surface area contributed by atoms with Crippen LogP contribution in [0.1, 0.15) is 37.3 Å². The van der Waals surface area contributed by atoms with E-state index in [1.54, 1.807) is 11.3 Å². The molecule has 3 aromatic heterocycles. The molecule has 4 rings (SSSR count). The highest BCUT2D eigenvalue weighted by molar-refractivity contribution is 7.18. The number of hydrogen-bond acceptors (Lipinski definition) is 5. The molecular formula is C20H18ClN3OS2. The first kappa shape index (κ1) is 18.4. The van der Waals surface area contributed by atoms with E-state index in [1.807, 2.05) is 54.1 Å². The van der Waals surface area contributed by atoms with Crippen molar-refractivity contribution >= 4 is 44.5 Å². The van der Waals surface area contributed by atoms with Gasteiger partial charge in [0.2, 0.25) is 0 Å². The molecule has 0 saturated heterocycles. The Morgan fingerprint density at radius 2 is 2.00 bits per heavy atom. The Bertz CT molecular complexity index is 1130. The topological polar surface area (TPSA) is 57.8 Å². The number of aromatic amines is 1. The van der Waals surface area contributed by atoms with Crippen molar-refractivity contribution in [3.8, 4) is 10.4 Å². The zero-order valence-electron chi connectivity index (χ0n) is 14.8. The maximum Gasteiger partial charge on any atom is 0.260 e. The molecule has 0 unspecified atom stereocenters. The van der Waals surface area contributed by atoms with Crippen LogP contribution < -0.4 is 10.9 Å². The number of halogens is 1. The summed E-state index contributed by atoms with van der Waals surface area (Å²) in [6.45, 7) is 4.07. The van der Waals surface area contributed by atoms with Gasteiger partial charge >= 0.3 is 0 Å². The summed E-state index contributed by atoms with van der Waals surface area (Å²) in [7, 11) is 0. The number of aromatic nitrogens is 2. The Balaban J connectivity index is 1.63. The summed E-state index contributed by atoms with van der Waals surface area (Å²) < 4.78 is 0. The fraction of sp³-hybridized carbons (Fsp3) is 0.200. The van der Waals surface area contributed by atoms with E-state index in [9.17, 15) is 4.79 Å². The van der Waals surface area contributed by atoms with E-state index in [-0.39, 0.29) is 17.6 Å². The van der Waals surface area contributed by atoms with Crippen LogP contribution in [0.25, 0.3) is 20.7 Å². The second-order valence-electron chi connectivity index (χ2n) is 6.42. The standard InChI is InChI=1S/C20H18ClN3OS2/c1-11(13-5-3-6-14(21)9-13)22-12(2)18-23-19(25)17-15(10-27-20(17)24-18)16-7-4-8-26-16/h3-12,22H,1-2H3,(H,23,24,25)/t11-,12+/m0/s1. The fourth-order valence-corrected chi connectivity index (χ4v) is 5.08. The average molecular weight is 416 g/mol. The van der Waals surface area contributed by atoms with Crippen LogP contribution in [-0.4, -0.2) is 9.97 Å². The largest absolute Gasteiger partial charge is 0.309 e. The van der Waals surface area contributed by atoms with Gasteiger partial charge in [-0.3, -0.25) is 4.79 Å². The molecule has 0 aliphatic rings. The van der Waals surface area contributed by atoms with Gasteiger partial charge in [-0.2, -0.15) is 0 Å². The Kier molecular flexibility index (Phi) is 5.14. The lowest BCUT2D eigenvalue weighted by Gasteiger charge is -2.20. The van der Waals surface area contributed by atoms with Crippen molar-refractivity contribution in [1.82, 2.24) is 15.3 Å². The molecule has 0 fully saturated rings. The lowest BCUT2D eigenvalue weighted by Crippen LogP contribution is -2.26. The van der Waals surface area contributed by atoms with Crippen LogP contribution in [0.2, 0.25) is 5.02 Å². The smallest absolute Gasteiger partial charge is 0.260 e. The highest BCUT2D eigenvalue weighted by Gasteiger charge is 2.18. The molecule has 2 atom stereocenters. The molecular weight excluding hydrogens is 398 g/mol. The molecule has 0 saturated carbocycles. The van der Waals surface area contributed by atoms with E-state index in [0.29, 0.717) is 16.2 Å². The van der Waals surface area contributed by atoms with Gasteiger partial charge in [0.1, 0.15) is 10.7 Å². The van der Waals surface area contributed by atoms with Gasteiger partial charge in [-0.25, -0.2) is 4.98 Å². The summed E-state index contributed by atoms with van der Waals surface area (Å²) in [6.07, 6.45) is 0. The molecule has 0 spiro atoms. The Morgan fingerprint density at radius 1 is 1.15 bits per heavy atom. The number of benzene rings is 1. The van der Waals surface area contributed by atoms with E-state index in [0.717, 1.165) is 20.8 Å². The molecule has 0 aliphatic carbocycles. The summed E-state index contributed by atoms with van der Waals surface area (Å²) in [4.78, 5) is 22.3. The van der Waals surface area contributed by atoms with Crippen molar-refractivity contribution in [3.05, 3.63) is 73.9 Å². The monoisotopic (exact) mass is 415 g/mol.